The second kappa shape index (κ2) is 9.17. The largest absolute Gasteiger partial charge is 0.465 e. The first-order valence-electron chi connectivity index (χ1n) is 9.14. The first kappa shape index (κ1) is 22.5. The minimum atomic E-state index is -0.726. The molecule has 0 fully saturated rings. The van der Waals surface area contributed by atoms with Crippen LogP contribution in [0.1, 0.15) is 48.8 Å². The van der Waals surface area contributed by atoms with Crippen molar-refractivity contribution in [2.75, 3.05) is 13.7 Å². The first-order chi connectivity index (χ1) is 13.6. The van der Waals surface area contributed by atoms with Crippen LogP contribution in [-0.2, 0) is 25.5 Å². The molecular formula is C19H25N3O6S. The Morgan fingerprint density at radius 1 is 1.17 bits per heavy atom. The smallest absolute Gasteiger partial charge is 0.348 e. The Morgan fingerprint density at radius 2 is 1.79 bits per heavy atom. The number of thiophene rings is 1. The van der Waals surface area contributed by atoms with Crippen LogP contribution in [0.15, 0.2) is 4.79 Å². The molecule has 0 spiro atoms. The van der Waals surface area contributed by atoms with Gasteiger partial charge in [0.2, 0.25) is 0 Å². The van der Waals surface area contributed by atoms with Crippen LogP contribution < -0.4 is 5.56 Å². The predicted molar refractivity (Wildman–Crippen MR) is 108 cm³/mol. The van der Waals surface area contributed by atoms with E-state index in [1.54, 1.807) is 11.8 Å². The Morgan fingerprint density at radius 3 is 2.34 bits per heavy atom. The molecule has 0 aromatic carbocycles. The van der Waals surface area contributed by atoms with Crippen LogP contribution in [-0.4, -0.2) is 58.5 Å². The Hall–Kier alpha value is -2.75. The number of rotatable bonds is 7. The van der Waals surface area contributed by atoms with Gasteiger partial charge < -0.3 is 19.4 Å². The summed E-state index contributed by atoms with van der Waals surface area (Å²) in [5.41, 5.74) is -0.267. The number of carbonyl (C=O) groups excluding carboxylic acids is 3. The SMILES string of the molecule is COC(=O)c1sc2nc(C)[nH]c(=O)c2c1CC(=O)OCC(=O)N(C(C)C)C(C)C. The number of amides is 1. The molecule has 158 valence electrons. The number of nitrogens with one attached hydrogen (secondary N) is 1. The molecule has 0 aliphatic carbocycles. The van der Waals surface area contributed by atoms with E-state index in [9.17, 15) is 19.2 Å². The highest BCUT2D eigenvalue weighted by atomic mass is 32.1. The molecule has 2 heterocycles. The zero-order valence-corrected chi connectivity index (χ0v) is 18.1. The molecule has 0 saturated carbocycles. The Kier molecular flexibility index (Phi) is 7.12. The number of nitrogens with zero attached hydrogens (tertiary/aromatic N) is 2. The van der Waals surface area contributed by atoms with Crippen molar-refractivity contribution in [1.82, 2.24) is 14.9 Å². The van der Waals surface area contributed by atoms with Crippen molar-refractivity contribution in [1.29, 1.82) is 0 Å². The van der Waals surface area contributed by atoms with Gasteiger partial charge in [0.1, 0.15) is 15.5 Å². The fraction of sp³-hybridized carbons (Fsp3) is 0.526. The molecule has 2 aromatic heterocycles. The van der Waals surface area contributed by atoms with Gasteiger partial charge in [0.15, 0.2) is 6.61 Å². The van der Waals surface area contributed by atoms with E-state index in [4.69, 9.17) is 9.47 Å². The molecule has 1 amide bonds. The fourth-order valence-electron chi connectivity index (χ4n) is 3.18. The lowest BCUT2D eigenvalue weighted by Crippen LogP contribution is -2.44. The lowest BCUT2D eigenvalue weighted by molar-refractivity contribution is -0.153. The highest BCUT2D eigenvalue weighted by molar-refractivity contribution is 7.20. The second-order valence-corrected chi connectivity index (χ2v) is 8.06. The molecule has 0 aliphatic heterocycles. The van der Waals surface area contributed by atoms with Gasteiger partial charge in [0.05, 0.1) is 18.9 Å². The van der Waals surface area contributed by atoms with Crippen molar-refractivity contribution in [3.8, 4) is 0 Å². The zero-order valence-electron chi connectivity index (χ0n) is 17.3. The van der Waals surface area contributed by atoms with E-state index in [0.717, 1.165) is 11.3 Å². The van der Waals surface area contributed by atoms with Crippen LogP contribution in [0.25, 0.3) is 10.2 Å². The number of esters is 2. The third-order valence-corrected chi connectivity index (χ3v) is 5.33. The van der Waals surface area contributed by atoms with Crippen molar-refractivity contribution in [2.24, 2.45) is 0 Å². The summed E-state index contributed by atoms with van der Waals surface area (Å²) >= 11 is 0.975. The number of aryl methyl sites for hydroxylation is 1. The number of fused-ring (bicyclic) bond motifs is 1. The highest BCUT2D eigenvalue weighted by Crippen LogP contribution is 2.29. The molecule has 0 saturated heterocycles. The number of hydrogen-bond acceptors (Lipinski definition) is 8. The third kappa shape index (κ3) is 5.00. The standard InChI is InChI=1S/C19H25N3O6S/c1-9(2)22(10(3)4)13(23)8-28-14(24)7-12-15-17(25)20-11(5)21-18(15)29-16(12)19(26)27-6/h9-10H,7-8H2,1-6H3,(H,20,21,25). The second-order valence-electron chi connectivity index (χ2n) is 7.06. The number of H-pyrrole nitrogens is 1. The molecule has 10 heteroatoms. The summed E-state index contributed by atoms with van der Waals surface area (Å²) in [5, 5.41) is 0.148. The number of aromatic nitrogens is 2. The average Bonchev–Trinajstić information content (AvgIpc) is 2.96. The molecule has 0 atom stereocenters. The minimum Gasteiger partial charge on any atom is -0.465 e. The lowest BCUT2D eigenvalue weighted by atomic mass is 10.1. The van der Waals surface area contributed by atoms with Gasteiger partial charge in [-0.25, -0.2) is 9.78 Å². The van der Waals surface area contributed by atoms with Crippen molar-refractivity contribution in [3.63, 3.8) is 0 Å². The molecule has 9 nitrogen and oxygen atoms in total. The molecule has 0 aliphatic rings. The van der Waals surface area contributed by atoms with Crippen LogP contribution in [0, 0.1) is 6.92 Å². The van der Waals surface area contributed by atoms with Gasteiger partial charge >= 0.3 is 11.9 Å². The van der Waals surface area contributed by atoms with Crippen LogP contribution in [0.3, 0.4) is 0 Å². The summed E-state index contributed by atoms with van der Waals surface area (Å²) < 4.78 is 9.89. The summed E-state index contributed by atoms with van der Waals surface area (Å²) in [7, 11) is 1.21. The highest BCUT2D eigenvalue weighted by Gasteiger charge is 2.26. The Bertz CT molecular complexity index is 984. The minimum absolute atomic E-state index is 0.0409. The van der Waals surface area contributed by atoms with Crippen molar-refractivity contribution >= 4 is 39.4 Å². The average molecular weight is 423 g/mol. The van der Waals surface area contributed by atoms with Gasteiger partial charge in [0, 0.05) is 17.6 Å². The zero-order chi connectivity index (χ0) is 21.9. The Balaban J connectivity index is 2.27. The molecule has 2 rings (SSSR count). The molecule has 1 N–H and O–H groups in total. The van der Waals surface area contributed by atoms with Crippen molar-refractivity contribution < 1.29 is 23.9 Å². The van der Waals surface area contributed by atoms with E-state index >= 15 is 0 Å². The number of ether oxygens (including phenoxy) is 2. The van der Waals surface area contributed by atoms with Gasteiger partial charge in [-0.2, -0.15) is 0 Å². The number of hydrogen-bond donors (Lipinski definition) is 1. The molecular weight excluding hydrogens is 398 g/mol. The molecule has 0 bridgehead atoms. The summed E-state index contributed by atoms with van der Waals surface area (Å²) in [6.07, 6.45) is -0.352. The fourth-order valence-corrected chi connectivity index (χ4v) is 4.34. The Labute approximate surface area is 172 Å². The predicted octanol–water partition coefficient (Wildman–Crippen LogP) is 1.81. The number of aromatic amines is 1. The van der Waals surface area contributed by atoms with Gasteiger partial charge in [-0.15, -0.1) is 11.3 Å². The van der Waals surface area contributed by atoms with Crippen LogP contribution in [0.2, 0.25) is 0 Å². The maximum Gasteiger partial charge on any atom is 0.348 e. The van der Waals surface area contributed by atoms with Crippen molar-refractivity contribution in [2.45, 2.75) is 53.1 Å². The molecule has 0 unspecified atom stereocenters. The van der Waals surface area contributed by atoms with Crippen LogP contribution in [0.4, 0.5) is 0 Å². The maximum atomic E-state index is 12.4. The van der Waals surface area contributed by atoms with E-state index < -0.39 is 24.1 Å². The van der Waals surface area contributed by atoms with Gasteiger partial charge in [-0.1, -0.05) is 0 Å². The maximum absolute atomic E-state index is 12.4. The topological polar surface area (TPSA) is 119 Å². The molecule has 0 radical (unpaired) electrons. The van der Waals surface area contributed by atoms with Crippen LogP contribution in [0.5, 0.6) is 0 Å². The van der Waals surface area contributed by atoms with Crippen molar-refractivity contribution in [3.05, 3.63) is 26.6 Å². The summed E-state index contributed by atoms with van der Waals surface area (Å²) in [4.78, 5) is 58.1. The van der Waals surface area contributed by atoms with E-state index in [0.29, 0.717) is 10.7 Å². The number of methoxy groups -OCH3 is 1. The summed E-state index contributed by atoms with van der Waals surface area (Å²) in [6.45, 7) is 8.70. The molecule has 2 aromatic rings. The summed E-state index contributed by atoms with van der Waals surface area (Å²) in [6, 6.07) is -0.0818. The lowest BCUT2D eigenvalue weighted by Gasteiger charge is -2.30. The van der Waals surface area contributed by atoms with E-state index in [1.807, 2.05) is 27.7 Å². The van der Waals surface area contributed by atoms with Crippen LogP contribution >= 0.6 is 11.3 Å². The van der Waals surface area contributed by atoms with Gasteiger partial charge in [0.25, 0.3) is 11.5 Å². The number of carbonyl (C=O) groups is 3. The third-order valence-electron chi connectivity index (χ3n) is 4.23. The van der Waals surface area contributed by atoms with Gasteiger partial charge in [-0.05, 0) is 34.6 Å². The normalized spacial score (nSPS) is 11.2. The van der Waals surface area contributed by atoms with E-state index in [2.05, 4.69) is 9.97 Å². The monoisotopic (exact) mass is 423 g/mol. The quantitative estimate of drug-likeness (QED) is 0.675. The first-order valence-corrected chi connectivity index (χ1v) is 9.95. The van der Waals surface area contributed by atoms with E-state index in [1.165, 1.54) is 7.11 Å². The summed E-state index contributed by atoms with van der Waals surface area (Å²) in [5.74, 6) is -1.32. The van der Waals surface area contributed by atoms with Gasteiger partial charge in [-0.3, -0.25) is 14.4 Å². The van der Waals surface area contributed by atoms with E-state index in [-0.39, 0.29) is 40.2 Å². The molecule has 29 heavy (non-hydrogen) atoms.